The van der Waals surface area contributed by atoms with Gasteiger partial charge in [0.15, 0.2) is 5.82 Å². The molecule has 140 valence electrons. The molecule has 1 amide bonds. The van der Waals surface area contributed by atoms with Gasteiger partial charge >= 0.3 is 0 Å². The molecule has 28 heavy (non-hydrogen) atoms. The summed E-state index contributed by atoms with van der Waals surface area (Å²) in [6.07, 6.45) is 1.51. The summed E-state index contributed by atoms with van der Waals surface area (Å²) in [5, 5.41) is 15.5. The second kappa shape index (κ2) is 8.69. The van der Waals surface area contributed by atoms with Crippen molar-refractivity contribution in [2.24, 2.45) is 0 Å². The molecular weight excluding hydrogens is 354 g/mol. The minimum absolute atomic E-state index is 0.0333. The third-order valence-corrected chi connectivity index (χ3v) is 3.91. The lowest BCUT2D eigenvalue weighted by atomic mass is 10.1. The van der Waals surface area contributed by atoms with Gasteiger partial charge in [-0.15, -0.1) is 0 Å². The summed E-state index contributed by atoms with van der Waals surface area (Å²) in [6.45, 7) is 4.23. The van der Waals surface area contributed by atoms with E-state index in [1.54, 1.807) is 37.3 Å². The van der Waals surface area contributed by atoms with Crippen molar-refractivity contribution in [3.63, 3.8) is 0 Å². The highest BCUT2D eigenvalue weighted by atomic mass is 16.5. The van der Waals surface area contributed by atoms with Gasteiger partial charge in [-0.1, -0.05) is 47.1 Å². The molecule has 0 aliphatic carbocycles. The Hall–Kier alpha value is -3.85. The van der Waals surface area contributed by atoms with Crippen LogP contribution in [-0.4, -0.2) is 11.1 Å². The van der Waals surface area contributed by atoms with Gasteiger partial charge in [0.25, 0.3) is 5.91 Å². The van der Waals surface area contributed by atoms with Crippen molar-refractivity contribution in [1.82, 2.24) is 5.16 Å². The van der Waals surface area contributed by atoms with Gasteiger partial charge in [-0.2, -0.15) is 5.26 Å². The standard InChI is InChI=1S/C22H19N3O3/c1-15-4-3-5-18(10-15)14-27-20-8-6-17(7-9-20)12-19(13-23)22(26)24-21-11-16(2)28-25-21/h3-12H,14H2,1-2H3,(H,24,25,26)/b19-12-. The largest absolute Gasteiger partial charge is 0.489 e. The number of rotatable bonds is 6. The number of anilines is 1. The number of amides is 1. The highest BCUT2D eigenvalue weighted by Gasteiger charge is 2.11. The monoisotopic (exact) mass is 373 g/mol. The van der Waals surface area contributed by atoms with Crippen LogP contribution in [0.2, 0.25) is 0 Å². The van der Waals surface area contributed by atoms with Gasteiger partial charge in [0.05, 0.1) is 0 Å². The van der Waals surface area contributed by atoms with Crippen molar-refractivity contribution in [1.29, 1.82) is 5.26 Å². The fourth-order valence-corrected chi connectivity index (χ4v) is 2.55. The molecule has 0 saturated carbocycles. The third-order valence-electron chi connectivity index (χ3n) is 3.91. The summed E-state index contributed by atoms with van der Waals surface area (Å²) in [6, 6.07) is 18.8. The Morgan fingerprint density at radius 1 is 1.21 bits per heavy atom. The fraction of sp³-hybridized carbons (Fsp3) is 0.136. The Morgan fingerprint density at radius 3 is 2.64 bits per heavy atom. The Balaban J connectivity index is 1.64. The zero-order chi connectivity index (χ0) is 19.9. The van der Waals surface area contributed by atoms with E-state index in [0.717, 1.165) is 5.56 Å². The normalized spacial score (nSPS) is 11.0. The number of carbonyl (C=O) groups is 1. The maximum absolute atomic E-state index is 12.2. The zero-order valence-electron chi connectivity index (χ0n) is 15.6. The zero-order valence-corrected chi connectivity index (χ0v) is 15.6. The number of benzene rings is 2. The molecule has 1 aromatic heterocycles. The first-order valence-electron chi connectivity index (χ1n) is 8.68. The van der Waals surface area contributed by atoms with Crippen LogP contribution >= 0.6 is 0 Å². The van der Waals surface area contributed by atoms with E-state index in [0.29, 0.717) is 23.7 Å². The van der Waals surface area contributed by atoms with Crippen LogP contribution in [0.25, 0.3) is 6.08 Å². The number of hydrogen-bond acceptors (Lipinski definition) is 5. The highest BCUT2D eigenvalue weighted by molar-refractivity contribution is 6.09. The maximum atomic E-state index is 12.2. The van der Waals surface area contributed by atoms with Gasteiger partial charge in [0.1, 0.15) is 29.8 Å². The number of ether oxygens (including phenoxy) is 1. The molecule has 0 unspecified atom stereocenters. The molecule has 3 aromatic rings. The summed E-state index contributed by atoms with van der Waals surface area (Å²) in [4.78, 5) is 12.2. The molecule has 0 radical (unpaired) electrons. The Morgan fingerprint density at radius 2 is 2.00 bits per heavy atom. The minimum atomic E-state index is -0.546. The van der Waals surface area contributed by atoms with Gasteiger partial charge in [0.2, 0.25) is 0 Å². The van der Waals surface area contributed by atoms with E-state index in [1.165, 1.54) is 11.6 Å². The Bertz CT molecular complexity index is 1040. The molecular formula is C22H19N3O3. The van der Waals surface area contributed by atoms with Crippen molar-refractivity contribution in [3.8, 4) is 11.8 Å². The van der Waals surface area contributed by atoms with Crippen molar-refractivity contribution >= 4 is 17.8 Å². The molecule has 0 aliphatic heterocycles. The van der Waals surface area contributed by atoms with Crippen LogP contribution < -0.4 is 10.1 Å². The number of nitriles is 1. The van der Waals surface area contributed by atoms with E-state index in [-0.39, 0.29) is 11.4 Å². The van der Waals surface area contributed by atoms with Gasteiger partial charge < -0.3 is 14.6 Å². The lowest BCUT2D eigenvalue weighted by Crippen LogP contribution is -2.13. The van der Waals surface area contributed by atoms with Crippen LogP contribution in [0.3, 0.4) is 0 Å². The molecule has 2 aromatic carbocycles. The second-order valence-electron chi connectivity index (χ2n) is 6.29. The SMILES string of the molecule is Cc1cccc(COc2ccc(/C=C(/C#N)C(=O)Nc3cc(C)on3)cc2)c1. The molecule has 0 aliphatic rings. The first-order chi connectivity index (χ1) is 13.5. The molecule has 0 fully saturated rings. The predicted octanol–water partition coefficient (Wildman–Crippen LogP) is 4.42. The number of nitrogens with zero attached hydrogens (tertiary/aromatic N) is 2. The lowest BCUT2D eigenvalue weighted by molar-refractivity contribution is -0.112. The third kappa shape index (κ3) is 5.08. The fourth-order valence-electron chi connectivity index (χ4n) is 2.55. The number of hydrogen-bond donors (Lipinski definition) is 1. The van der Waals surface area contributed by atoms with E-state index in [9.17, 15) is 10.1 Å². The number of carbonyl (C=O) groups excluding carboxylic acids is 1. The van der Waals surface area contributed by atoms with Crippen molar-refractivity contribution in [2.45, 2.75) is 20.5 Å². The average Bonchev–Trinajstić information content (AvgIpc) is 3.10. The predicted molar refractivity (Wildman–Crippen MR) is 105 cm³/mol. The molecule has 6 heteroatoms. The van der Waals surface area contributed by atoms with E-state index < -0.39 is 5.91 Å². The van der Waals surface area contributed by atoms with Crippen LogP contribution in [0.4, 0.5) is 5.82 Å². The number of nitrogens with one attached hydrogen (secondary N) is 1. The van der Waals surface area contributed by atoms with Gasteiger partial charge in [-0.05, 0) is 43.2 Å². The van der Waals surface area contributed by atoms with Gasteiger partial charge in [-0.25, -0.2) is 0 Å². The quantitative estimate of drug-likeness (QED) is 0.510. The van der Waals surface area contributed by atoms with E-state index >= 15 is 0 Å². The van der Waals surface area contributed by atoms with Crippen LogP contribution in [0.5, 0.6) is 5.75 Å². The highest BCUT2D eigenvalue weighted by Crippen LogP contribution is 2.17. The number of aromatic nitrogens is 1. The van der Waals surface area contributed by atoms with E-state index in [4.69, 9.17) is 9.26 Å². The molecule has 1 heterocycles. The van der Waals surface area contributed by atoms with Crippen molar-refractivity contribution in [3.05, 3.63) is 82.6 Å². The van der Waals surface area contributed by atoms with E-state index in [1.807, 2.05) is 31.2 Å². The molecule has 1 N–H and O–H groups in total. The topological polar surface area (TPSA) is 88.1 Å². The van der Waals surface area contributed by atoms with Crippen molar-refractivity contribution in [2.75, 3.05) is 5.32 Å². The molecule has 0 spiro atoms. The first kappa shape index (κ1) is 18.9. The molecule has 0 saturated heterocycles. The Kier molecular flexibility index (Phi) is 5.87. The molecule has 6 nitrogen and oxygen atoms in total. The summed E-state index contributed by atoms with van der Waals surface area (Å²) >= 11 is 0. The molecule has 0 bridgehead atoms. The molecule has 3 rings (SSSR count). The van der Waals surface area contributed by atoms with Crippen molar-refractivity contribution < 1.29 is 14.1 Å². The first-order valence-corrected chi connectivity index (χ1v) is 8.68. The van der Waals surface area contributed by atoms with Gasteiger partial charge in [0, 0.05) is 6.07 Å². The molecule has 0 atom stereocenters. The summed E-state index contributed by atoms with van der Waals surface area (Å²) in [5.74, 6) is 0.998. The van der Waals surface area contributed by atoms with E-state index in [2.05, 4.69) is 16.5 Å². The van der Waals surface area contributed by atoms with Crippen LogP contribution in [-0.2, 0) is 11.4 Å². The van der Waals surface area contributed by atoms with Crippen LogP contribution in [0.15, 0.2) is 64.7 Å². The average molecular weight is 373 g/mol. The van der Waals surface area contributed by atoms with Crippen LogP contribution in [0, 0.1) is 25.2 Å². The Labute approximate surface area is 163 Å². The minimum Gasteiger partial charge on any atom is -0.489 e. The summed E-state index contributed by atoms with van der Waals surface area (Å²) in [5.41, 5.74) is 2.96. The summed E-state index contributed by atoms with van der Waals surface area (Å²) in [7, 11) is 0. The van der Waals surface area contributed by atoms with Crippen LogP contribution in [0.1, 0.15) is 22.5 Å². The maximum Gasteiger partial charge on any atom is 0.267 e. The second-order valence-corrected chi connectivity index (χ2v) is 6.29. The lowest BCUT2D eigenvalue weighted by Gasteiger charge is -2.07. The van der Waals surface area contributed by atoms with Gasteiger partial charge in [-0.3, -0.25) is 4.79 Å². The smallest absolute Gasteiger partial charge is 0.267 e. The summed E-state index contributed by atoms with van der Waals surface area (Å²) < 4.78 is 10.7. The number of aryl methyl sites for hydroxylation is 2.